The molecule has 0 saturated carbocycles. The third kappa shape index (κ3) is 2.68. The molecule has 0 amide bonds. The van der Waals surface area contributed by atoms with Crippen LogP contribution in [-0.4, -0.2) is 22.6 Å². The van der Waals surface area contributed by atoms with Gasteiger partial charge in [0.25, 0.3) is 0 Å². The maximum absolute atomic E-state index is 4.33. The van der Waals surface area contributed by atoms with Gasteiger partial charge in [-0.3, -0.25) is 0 Å². The summed E-state index contributed by atoms with van der Waals surface area (Å²) in [6.07, 6.45) is 6.52. The van der Waals surface area contributed by atoms with Crippen LogP contribution in [0, 0.1) is 0 Å². The second-order valence-corrected chi connectivity index (χ2v) is 7.24. The fraction of sp³-hybridized carbons (Fsp3) is 0.462. The van der Waals surface area contributed by atoms with Crippen LogP contribution in [-0.2, 0) is 6.54 Å². The fourth-order valence-electron chi connectivity index (χ4n) is 2.51. The molecule has 3 heterocycles. The highest BCUT2D eigenvalue weighted by Gasteiger charge is 2.18. The first-order valence-electron chi connectivity index (χ1n) is 6.28. The highest BCUT2D eigenvalue weighted by Crippen LogP contribution is 2.26. The average Bonchev–Trinajstić information content (AvgIpc) is 3.00. The van der Waals surface area contributed by atoms with E-state index in [-0.39, 0.29) is 0 Å². The third-order valence-electron chi connectivity index (χ3n) is 3.41. The zero-order valence-corrected chi connectivity index (χ0v) is 12.5. The molecule has 3 nitrogen and oxygen atoms in total. The topological polar surface area (TPSA) is 29.9 Å². The summed E-state index contributed by atoms with van der Waals surface area (Å²) in [6.45, 7) is 3.17. The number of hydrogen-bond donors (Lipinski definition) is 1. The molecule has 2 aromatic rings. The molecule has 18 heavy (non-hydrogen) atoms. The monoisotopic (exact) mass is 325 g/mol. The number of thiophene rings is 1. The molecular formula is C13H16BrN3S. The van der Waals surface area contributed by atoms with Crippen molar-refractivity contribution in [1.29, 1.82) is 0 Å². The molecule has 1 aliphatic heterocycles. The maximum Gasteiger partial charge on any atom is 0.0951 e. The standard InChI is InChI=1S/C13H16BrN3S/c14-13-4-3-11(18-13)8-17-9-16-7-12(17)10-2-1-5-15-6-10/h3-4,7,9-10,15H,1-2,5-6,8H2. The molecule has 1 fully saturated rings. The Labute approximate surface area is 119 Å². The summed E-state index contributed by atoms with van der Waals surface area (Å²) in [5.41, 5.74) is 1.37. The van der Waals surface area contributed by atoms with E-state index in [9.17, 15) is 0 Å². The van der Waals surface area contributed by atoms with Gasteiger partial charge in [0.05, 0.1) is 16.7 Å². The molecule has 0 bridgehead atoms. The van der Waals surface area contributed by atoms with Gasteiger partial charge in [-0.05, 0) is 47.4 Å². The highest BCUT2D eigenvalue weighted by atomic mass is 79.9. The molecule has 0 aliphatic carbocycles. The Balaban J connectivity index is 1.78. The van der Waals surface area contributed by atoms with Crippen molar-refractivity contribution in [3.05, 3.63) is 39.0 Å². The summed E-state index contributed by atoms with van der Waals surface area (Å²) in [6, 6.07) is 4.29. The predicted molar refractivity (Wildman–Crippen MR) is 78.2 cm³/mol. The summed E-state index contributed by atoms with van der Waals surface area (Å²) < 4.78 is 3.48. The van der Waals surface area contributed by atoms with Crippen LogP contribution in [0.2, 0.25) is 0 Å². The summed E-state index contributed by atoms with van der Waals surface area (Å²) >= 11 is 5.31. The van der Waals surface area contributed by atoms with E-state index in [0.717, 1.165) is 19.6 Å². The van der Waals surface area contributed by atoms with E-state index in [1.165, 1.54) is 27.2 Å². The van der Waals surface area contributed by atoms with E-state index in [4.69, 9.17) is 0 Å². The lowest BCUT2D eigenvalue weighted by Gasteiger charge is -2.23. The number of halogens is 1. The van der Waals surface area contributed by atoms with E-state index in [0.29, 0.717) is 5.92 Å². The lowest BCUT2D eigenvalue weighted by Crippen LogP contribution is -2.29. The molecule has 0 radical (unpaired) electrons. The van der Waals surface area contributed by atoms with Crippen molar-refractivity contribution in [3.63, 3.8) is 0 Å². The van der Waals surface area contributed by atoms with Crippen molar-refractivity contribution in [2.75, 3.05) is 13.1 Å². The second-order valence-electron chi connectivity index (χ2n) is 4.70. The van der Waals surface area contributed by atoms with E-state index in [1.54, 1.807) is 11.3 Å². The Morgan fingerprint density at radius 1 is 1.50 bits per heavy atom. The van der Waals surface area contributed by atoms with Gasteiger partial charge in [-0.25, -0.2) is 4.98 Å². The molecule has 1 unspecified atom stereocenters. The van der Waals surface area contributed by atoms with Gasteiger partial charge in [0.1, 0.15) is 0 Å². The Hall–Kier alpha value is -0.650. The number of rotatable bonds is 3. The third-order valence-corrected chi connectivity index (χ3v) is 5.02. The molecule has 2 aromatic heterocycles. The number of imidazole rings is 1. The molecule has 1 atom stereocenters. The first-order valence-corrected chi connectivity index (χ1v) is 7.89. The van der Waals surface area contributed by atoms with Crippen LogP contribution >= 0.6 is 27.3 Å². The van der Waals surface area contributed by atoms with Gasteiger partial charge >= 0.3 is 0 Å². The van der Waals surface area contributed by atoms with Crippen molar-refractivity contribution in [2.24, 2.45) is 0 Å². The molecule has 1 aliphatic rings. The van der Waals surface area contributed by atoms with Gasteiger partial charge in [-0.2, -0.15) is 0 Å². The normalized spacial score (nSPS) is 20.2. The Morgan fingerprint density at radius 2 is 2.44 bits per heavy atom. The van der Waals surface area contributed by atoms with E-state index >= 15 is 0 Å². The molecule has 1 N–H and O–H groups in total. The number of nitrogens with one attached hydrogen (secondary N) is 1. The Bertz CT molecular complexity index is 514. The minimum atomic E-state index is 0.615. The zero-order valence-electron chi connectivity index (χ0n) is 10.1. The van der Waals surface area contributed by atoms with Crippen LogP contribution in [0.25, 0.3) is 0 Å². The number of nitrogens with zero attached hydrogens (tertiary/aromatic N) is 2. The minimum Gasteiger partial charge on any atom is -0.329 e. The summed E-state index contributed by atoms with van der Waals surface area (Å²) in [7, 11) is 0. The van der Waals surface area contributed by atoms with Crippen molar-refractivity contribution < 1.29 is 0 Å². The summed E-state index contributed by atoms with van der Waals surface area (Å²) in [5.74, 6) is 0.615. The van der Waals surface area contributed by atoms with E-state index < -0.39 is 0 Å². The first-order chi connectivity index (χ1) is 8.83. The van der Waals surface area contributed by atoms with E-state index in [1.807, 2.05) is 12.5 Å². The van der Waals surface area contributed by atoms with Crippen LogP contribution in [0.3, 0.4) is 0 Å². The number of hydrogen-bond acceptors (Lipinski definition) is 3. The van der Waals surface area contributed by atoms with Crippen molar-refractivity contribution >= 4 is 27.3 Å². The molecule has 1 saturated heterocycles. The van der Waals surface area contributed by atoms with Crippen LogP contribution < -0.4 is 5.32 Å². The number of piperidine rings is 1. The van der Waals surface area contributed by atoms with Crippen LogP contribution in [0.5, 0.6) is 0 Å². The first kappa shape index (κ1) is 12.4. The van der Waals surface area contributed by atoms with Crippen molar-refractivity contribution in [1.82, 2.24) is 14.9 Å². The Kier molecular flexibility index (Phi) is 3.82. The SMILES string of the molecule is Brc1ccc(Cn2cncc2C2CCCNC2)s1. The van der Waals surface area contributed by atoms with Gasteiger partial charge in [-0.15, -0.1) is 11.3 Å². The van der Waals surface area contributed by atoms with Gasteiger partial charge < -0.3 is 9.88 Å². The lowest BCUT2D eigenvalue weighted by molar-refractivity contribution is 0.444. The Morgan fingerprint density at radius 3 is 3.17 bits per heavy atom. The van der Waals surface area contributed by atoms with Crippen LogP contribution in [0.1, 0.15) is 29.3 Å². The van der Waals surface area contributed by atoms with Gasteiger partial charge in [-0.1, -0.05) is 0 Å². The van der Waals surface area contributed by atoms with Crippen LogP contribution in [0.4, 0.5) is 0 Å². The van der Waals surface area contributed by atoms with Crippen molar-refractivity contribution in [2.45, 2.75) is 25.3 Å². The second kappa shape index (κ2) is 5.55. The summed E-state index contributed by atoms with van der Waals surface area (Å²) in [4.78, 5) is 5.69. The largest absolute Gasteiger partial charge is 0.329 e. The molecule has 5 heteroatoms. The fourth-order valence-corrected chi connectivity index (χ4v) is 3.99. The highest BCUT2D eigenvalue weighted by molar-refractivity contribution is 9.11. The molecule has 0 spiro atoms. The van der Waals surface area contributed by atoms with E-state index in [2.05, 4.69) is 42.9 Å². The smallest absolute Gasteiger partial charge is 0.0951 e. The van der Waals surface area contributed by atoms with Gasteiger partial charge in [0.2, 0.25) is 0 Å². The minimum absolute atomic E-state index is 0.615. The zero-order chi connectivity index (χ0) is 12.4. The molecular weight excluding hydrogens is 310 g/mol. The lowest BCUT2D eigenvalue weighted by atomic mass is 9.96. The van der Waals surface area contributed by atoms with Crippen molar-refractivity contribution in [3.8, 4) is 0 Å². The average molecular weight is 326 g/mol. The molecule has 3 rings (SSSR count). The predicted octanol–water partition coefficient (Wildman–Crippen LogP) is 3.22. The van der Waals surface area contributed by atoms with Gasteiger partial charge in [0, 0.05) is 29.2 Å². The van der Waals surface area contributed by atoms with Crippen LogP contribution in [0.15, 0.2) is 28.4 Å². The molecule has 0 aromatic carbocycles. The summed E-state index contributed by atoms with van der Waals surface area (Å²) in [5, 5.41) is 3.47. The number of aromatic nitrogens is 2. The van der Waals surface area contributed by atoms with Gasteiger partial charge in [0.15, 0.2) is 0 Å². The quantitative estimate of drug-likeness (QED) is 0.939. The maximum atomic E-state index is 4.33. The molecule has 96 valence electrons.